The molecule has 0 heterocycles. The largest absolute Gasteiger partial charge is 0.352 e. The molecule has 0 radical (unpaired) electrons. The summed E-state index contributed by atoms with van der Waals surface area (Å²) in [6, 6.07) is 7.29. The van der Waals surface area contributed by atoms with Crippen LogP contribution >= 0.6 is 34.8 Å². The van der Waals surface area contributed by atoms with Crippen LogP contribution in [-0.2, 0) is 26.2 Å². The number of rotatable bonds is 10. The van der Waals surface area contributed by atoms with Crippen LogP contribution < -0.4 is 9.62 Å². The molecule has 0 bridgehead atoms. The molecule has 3 rings (SSSR count). The first kappa shape index (κ1) is 30.5. The Bertz CT molecular complexity index is 1260. The minimum absolute atomic E-state index is 0.00945. The van der Waals surface area contributed by atoms with Crippen molar-refractivity contribution in [3.05, 3.63) is 62.8 Å². The Morgan fingerprint density at radius 3 is 2.21 bits per heavy atom. The van der Waals surface area contributed by atoms with Gasteiger partial charge in [-0.3, -0.25) is 13.9 Å². The minimum atomic E-state index is -4.00. The van der Waals surface area contributed by atoms with Gasteiger partial charge in [-0.2, -0.15) is 0 Å². The van der Waals surface area contributed by atoms with Crippen LogP contribution in [0.15, 0.2) is 36.4 Å². The summed E-state index contributed by atoms with van der Waals surface area (Å²) in [6.07, 6.45) is 6.13. The molecule has 7 nitrogen and oxygen atoms in total. The SMILES string of the molecule is CC[C@H](C(=O)NC1CCCCC1)N(Cc1ccc(F)cc1)C(=O)CN(c1cc(Cl)c(Cl)cc1Cl)S(C)(=O)=O. The Morgan fingerprint density at radius 2 is 1.63 bits per heavy atom. The predicted octanol–water partition coefficient (Wildman–Crippen LogP) is 5.81. The van der Waals surface area contributed by atoms with Crippen LogP contribution in [-0.4, -0.2) is 50.0 Å². The van der Waals surface area contributed by atoms with Crippen molar-refractivity contribution in [3.63, 3.8) is 0 Å². The van der Waals surface area contributed by atoms with Gasteiger partial charge in [0.25, 0.3) is 0 Å². The Morgan fingerprint density at radius 1 is 1.03 bits per heavy atom. The molecule has 0 aromatic heterocycles. The topological polar surface area (TPSA) is 86.8 Å². The second kappa shape index (κ2) is 13.3. The predicted molar refractivity (Wildman–Crippen MR) is 150 cm³/mol. The summed E-state index contributed by atoms with van der Waals surface area (Å²) in [4.78, 5) is 28.5. The summed E-state index contributed by atoms with van der Waals surface area (Å²) < 4.78 is 39.9. The molecule has 38 heavy (non-hydrogen) atoms. The van der Waals surface area contributed by atoms with Crippen LogP contribution in [0.5, 0.6) is 0 Å². The molecule has 1 N–H and O–H groups in total. The molecular formula is C26H31Cl3FN3O4S. The van der Waals surface area contributed by atoms with Gasteiger partial charge < -0.3 is 10.2 Å². The van der Waals surface area contributed by atoms with Crippen molar-refractivity contribution >= 4 is 62.3 Å². The molecular weight excluding hydrogens is 576 g/mol. The molecule has 12 heteroatoms. The Hall–Kier alpha value is -2.07. The number of nitrogens with zero attached hydrogens (tertiary/aromatic N) is 2. The molecule has 0 spiro atoms. The number of carbonyl (C=O) groups is 2. The summed E-state index contributed by atoms with van der Waals surface area (Å²) in [5.41, 5.74) is 0.570. The number of anilines is 1. The van der Waals surface area contributed by atoms with E-state index >= 15 is 0 Å². The smallest absolute Gasteiger partial charge is 0.244 e. The third-order valence-corrected chi connectivity index (χ3v) is 8.69. The first-order chi connectivity index (χ1) is 17.9. The maximum absolute atomic E-state index is 13.8. The average molecular weight is 607 g/mol. The van der Waals surface area contributed by atoms with Crippen LogP contribution in [0.3, 0.4) is 0 Å². The summed E-state index contributed by atoms with van der Waals surface area (Å²) in [6.45, 7) is 1.12. The van der Waals surface area contributed by atoms with Crippen molar-refractivity contribution in [1.29, 1.82) is 0 Å². The maximum atomic E-state index is 13.8. The first-order valence-corrected chi connectivity index (χ1v) is 15.4. The fourth-order valence-electron chi connectivity index (χ4n) is 4.55. The van der Waals surface area contributed by atoms with E-state index in [1.54, 1.807) is 6.92 Å². The number of benzene rings is 2. The molecule has 2 aromatic carbocycles. The highest BCUT2D eigenvalue weighted by Crippen LogP contribution is 2.35. The third kappa shape index (κ3) is 7.97. The van der Waals surface area contributed by atoms with Gasteiger partial charge in [0.15, 0.2) is 0 Å². The quantitative estimate of drug-likeness (QED) is 0.346. The standard InChI is InChI=1S/C26H31Cl3FN3O4S/c1-3-23(26(35)31-19-7-5-4-6-8-19)32(15-17-9-11-18(30)12-10-17)25(34)16-33(38(2,36)37)24-14-21(28)20(27)13-22(24)29/h9-14,19,23H,3-8,15-16H2,1-2H3,(H,31,35)/t23-/m1/s1. The van der Waals surface area contributed by atoms with Gasteiger partial charge in [-0.05, 0) is 49.1 Å². The molecule has 0 aliphatic heterocycles. The normalized spacial score (nSPS) is 15.1. The van der Waals surface area contributed by atoms with Crippen LogP contribution in [0.1, 0.15) is 51.0 Å². The van der Waals surface area contributed by atoms with Crippen LogP contribution in [0.2, 0.25) is 15.1 Å². The van der Waals surface area contributed by atoms with Gasteiger partial charge in [0.05, 0.1) is 27.0 Å². The van der Waals surface area contributed by atoms with E-state index in [0.717, 1.165) is 42.7 Å². The summed E-state index contributed by atoms with van der Waals surface area (Å²) in [7, 11) is -4.00. The molecule has 1 atom stereocenters. The molecule has 2 amide bonds. The van der Waals surface area contributed by atoms with Crippen LogP contribution in [0.25, 0.3) is 0 Å². The number of halogens is 4. The molecule has 1 saturated carbocycles. The van der Waals surface area contributed by atoms with E-state index in [0.29, 0.717) is 5.56 Å². The van der Waals surface area contributed by atoms with Crippen molar-refractivity contribution in [2.75, 3.05) is 17.1 Å². The lowest BCUT2D eigenvalue weighted by atomic mass is 9.95. The van der Waals surface area contributed by atoms with Crippen molar-refractivity contribution in [1.82, 2.24) is 10.2 Å². The number of sulfonamides is 1. The molecule has 2 aromatic rings. The second-order valence-corrected chi connectivity index (χ2v) is 12.5. The molecule has 208 valence electrons. The molecule has 0 unspecified atom stereocenters. The first-order valence-electron chi connectivity index (χ1n) is 12.4. The lowest BCUT2D eigenvalue weighted by molar-refractivity contribution is -0.140. The summed E-state index contributed by atoms with van der Waals surface area (Å²) >= 11 is 18.4. The highest BCUT2D eigenvalue weighted by molar-refractivity contribution is 7.92. The average Bonchev–Trinajstić information content (AvgIpc) is 2.86. The Kier molecular flexibility index (Phi) is 10.7. The molecule has 1 aliphatic rings. The van der Waals surface area contributed by atoms with E-state index in [-0.39, 0.29) is 45.7 Å². The Balaban J connectivity index is 1.95. The molecule has 1 fully saturated rings. The van der Waals surface area contributed by atoms with E-state index in [1.807, 2.05) is 0 Å². The second-order valence-electron chi connectivity index (χ2n) is 9.40. The monoisotopic (exact) mass is 605 g/mol. The van der Waals surface area contributed by atoms with Gasteiger partial charge >= 0.3 is 0 Å². The summed E-state index contributed by atoms with van der Waals surface area (Å²) in [5, 5.41) is 3.24. The Labute approximate surface area is 238 Å². The fourth-order valence-corrected chi connectivity index (χ4v) is 6.09. The van der Waals surface area contributed by atoms with E-state index in [2.05, 4.69) is 5.32 Å². The third-order valence-electron chi connectivity index (χ3n) is 6.54. The highest BCUT2D eigenvalue weighted by Gasteiger charge is 2.33. The number of hydrogen-bond donors (Lipinski definition) is 1. The zero-order valence-corrected chi connectivity index (χ0v) is 24.3. The van der Waals surface area contributed by atoms with Crippen LogP contribution in [0, 0.1) is 5.82 Å². The minimum Gasteiger partial charge on any atom is -0.352 e. The van der Waals surface area contributed by atoms with Crippen molar-refractivity contribution in [2.24, 2.45) is 0 Å². The van der Waals surface area contributed by atoms with E-state index in [9.17, 15) is 22.4 Å². The van der Waals surface area contributed by atoms with Crippen molar-refractivity contribution in [3.8, 4) is 0 Å². The number of amides is 2. The number of nitrogens with one attached hydrogen (secondary N) is 1. The van der Waals surface area contributed by atoms with E-state index < -0.39 is 34.3 Å². The maximum Gasteiger partial charge on any atom is 0.244 e. The van der Waals surface area contributed by atoms with Crippen molar-refractivity contribution in [2.45, 2.75) is 64.1 Å². The van der Waals surface area contributed by atoms with E-state index in [4.69, 9.17) is 34.8 Å². The van der Waals surface area contributed by atoms with E-state index in [1.165, 1.54) is 41.3 Å². The van der Waals surface area contributed by atoms with Gasteiger partial charge in [-0.25, -0.2) is 12.8 Å². The van der Waals surface area contributed by atoms with Gasteiger partial charge in [0.2, 0.25) is 21.8 Å². The molecule has 1 aliphatic carbocycles. The van der Waals surface area contributed by atoms with Gasteiger partial charge in [0, 0.05) is 12.6 Å². The van der Waals surface area contributed by atoms with Crippen molar-refractivity contribution < 1.29 is 22.4 Å². The lowest BCUT2D eigenvalue weighted by Gasteiger charge is -2.34. The zero-order valence-electron chi connectivity index (χ0n) is 21.2. The zero-order chi connectivity index (χ0) is 28.0. The summed E-state index contributed by atoms with van der Waals surface area (Å²) in [5.74, 6) is -1.38. The molecule has 0 saturated heterocycles. The van der Waals surface area contributed by atoms with Gasteiger partial charge in [0.1, 0.15) is 18.4 Å². The van der Waals surface area contributed by atoms with Crippen LogP contribution in [0.4, 0.5) is 10.1 Å². The lowest BCUT2D eigenvalue weighted by Crippen LogP contribution is -2.54. The van der Waals surface area contributed by atoms with Gasteiger partial charge in [-0.15, -0.1) is 0 Å². The number of hydrogen-bond acceptors (Lipinski definition) is 4. The fraction of sp³-hybridized carbons (Fsp3) is 0.462. The van der Waals surface area contributed by atoms with Gasteiger partial charge in [-0.1, -0.05) is 73.1 Å². The highest BCUT2D eigenvalue weighted by atomic mass is 35.5. The number of carbonyl (C=O) groups excluding carboxylic acids is 2.